The fourth-order valence-corrected chi connectivity index (χ4v) is 6.63. The fourth-order valence-electron chi connectivity index (χ4n) is 6.63. The molecule has 0 amide bonds. The number of hydrogen-bond acceptors (Lipinski definition) is 0. The Kier molecular flexibility index (Phi) is 34.4. The molecule has 10 aromatic carbocycles. The van der Waals surface area contributed by atoms with Crippen molar-refractivity contribution in [3.63, 3.8) is 0 Å². The average molecular weight is 1050 g/mol. The van der Waals surface area contributed by atoms with Gasteiger partial charge in [-0.2, -0.15) is 47.2 Å². The third-order valence-electron chi connectivity index (χ3n) is 9.31. The second-order valence-corrected chi connectivity index (χ2v) is 13.0. The van der Waals surface area contributed by atoms with Crippen molar-refractivity contribution in [1.29, 1.82) is 0 Å². The Balaban J connectivity index is -0.000000686. The van der Waals surface area contributed by atoms with Gasteiger partial charge in [-0.25, -0.2) is 24.3 Å². The zero-order valence-electron chi connectivity index (χ0n) is 37.9. The molecule has 0 saturated heterocycles. The molecule has 0 heterocycles. The van der Waals surface area contributed by atoms with Gasteiger partial charge in [0, 0.05) is 0 Å². The minimum atomic E-state index is 0. The maximum absolute atomic E-state index is 2.99. The molecule has 312 valence electrons. The van der Waals surface area contributed by atoms with Crippen molar-refractivity contribution in [2.45, 2.75) is 12.8 Å². The van der Waals surface area contributed by atoms with Crippen LogP contribution in [0, 0.1) is 56.7 Å². The first-order valence-electron chi connectivity index (χ1n) is 18.5. The molecule has 12 rings (SSSR count). The Hall–Kier alpha value is -4.11. The van der Waals surface area contributed by atoms with Gasteiger partial charge in [0.25, 0.3) is 0 Å². The summed E-state index contributed by atoms with van der Waals surface area (Å²) in [6.07, 6.45) is 20.0. The predicted octanol–water partition coefficient (Wildman–Crippen LogP) is 17.8. The van der Waals surface area contributed by atoms with Crippen LogP contribution in [0.2, 0.25) is 0 Å². The Bertz CT molecular complexity index is 2420. The second-order valence-electron chi connectivity index (χ2n) is 13.0. The van der Waals surface area contributed by atoms with Crippen LogP contribution in [0.5, 0.6) is 0 Å². The van der Waals surface area contributed by atoms with Crippen LogP contribution >= 0.6 is 0 Å². The van der Waals surface area contributed by atoms with E-state index >= 15 is 0 Å². The van der Waals surface area contributed by atoms with Crippen LogP contribution in [0.4, 0.5) is 0 Å². The predicted molar refractivity (Wildman–Crippen MR) is 275 cm³/mol. The van der Waals surface area contributed by atoms with Gasteiger partial charge in [0.2, 0.25) is 0 Å². The molecule has 0 fully saturated rings. The number of rotatable bonds is 0. The van der Waals surface area contributed by atoms with Gasteiger partial charge in [-0.1, -0.05) is 84.9 Å². The molecule has 0 unspecified atom stereocenters. The van der Waals surface area contributed by atoms with Crippen molar-refractivity contribution in [3.8, 4) is 0 Å². The molecular weight excluding hydrogens is 994 g/mol. The molecule has 10 aromatic rings. The van der Waals surface area contributed by atoms with Gasteiger partial charge >= 0.3 is 78.6 Å². The van der Waals surface area contributed by atoms with Gasteiger partial charge in [-0.05, 0) is 0 Å². The third kappa shape index (κ3) is 18.1. The molecule has 0 bridgehead atoms. The monoisotopic (exact) mass is 1050 g/mol. The molecule has 2 aliphatic carbocycles. The number of fused-ring (bicyclic) bond motifs is 8. The first kappa shape index (κ1) is 63.2. The molecule has 63 heavy (non-hydrogen) atoms. The summed E-state index contributed by atoms with van der Waals surface area (Å²) in [6.45, 7) is 0. The molecule has 0 spiro atoms. The van der Waals surface area contributed by atoms with Gasteiger partial charge in [-0.15, -0.1) is 152 Å². The molecule has 2 aliphatic rings. The van der Waals surface area contributed by atoms with E-state index in [1.165, 1.54) is 64.6 Å². The van der Waals surface area contributed by atoms with Crippen molar-refractivity contribution in [1.82, 2.24) is 0 Å². The van der Waals surface area contributed by atoms with E-state index in [1.807, 2.05) is 24.3 Å². The summed E-state index contributed by atoms with van der Waals surface area (Å²) < 4.78 is 0. The van der Waals surface area contributed by atoms with Crippen molar-refractivity contribution in [3.05, 3.63) is 287 Å². The van der Waals surface area contributed by atoms with Gasteiger partial charge in [0.05, 0.1) is 0 Å². The summed E-state index contributed by atoms with van der Waals surface area (Å²) >= 11 is 0. The van der Waals surface area contributed by atoms with Crippen molar-refractivity contribution < 1.29 is 78.6 Å². The summed E-state index contributed by atoms with van der Waals surface area (Å²) in [5.41, 5.74) is 0. The van der Waals surface area contributed by atoms with Crippen molar-refractivity contribution in [2.75, 3.05) is 0 Å². The van der Waals surface area contributed by atoms with E-state index in [9.17, 15) is 0 Å². The summed E-state index contributed by atoms with van der Waals surface area (Å²) in [7, 11) is 0. The van der Waals surface area contributed by atoms with Crippen LogP contribution < -0.4 is 0 Å². The molecule has 0 N–H and O–H groups in total. The summed E-state index contributed by atoms with van der Waals surface area (Å²) in [4.78, 5) is 0. The van der Waals surface area contributed by atoms with E-state index in [1.54, 1.807) is 0 Å². The van der Waals surface area contributed by atoms with E-state index in [4.69, 9.17) is 0 Å². The van der Waals surface area contributed by atoms with Crippen LogP contribution in [0.25, 0.3) is 64.6 Å². The number of hydrogen-bond donors (Lipinski definition) is 0. The Morgan fingerprint density at radius 3 is 0.825 bits per heavy atom. The smallest absolute Gasteiger partial charge is 0.358 e. The zero-order valence-corrected chi connectivity index (χ0v) is 45.2. The van der Waals surface area contributed by atoms with E-state index in [0.29, 0.717) is 0 Å². The average Bonchev–Trinajstić information content (AvgIpc) is 4.10. The summed E-state index contributed by atoms with van der Waals surface area (Å²) in [6, 6.07) is 67.9. The zero-order chi connectivity index (χ0) is 36.6. The van der Waals surface area contributed by atoms with Crippen molar-refractivity contribution in [2.24, 2.45) is 0 Å². The molecule has 0 nitrogen and oxygen atoms in total. The maximum Gasteiger partial charge on any atom is 4.00 e. The Morgan fingerprint density at radius 2 is 0.587 bits per heavy atom. The van der Waals surface area contributed by atoms with Crippen LogP contribution in [0.1, 0.15) is 12.8 Å². The standard InChI is InChI=1S/2C13H9.2C9H7.2C5H5.6CH3.3Zr/c2*1-3-7-12-10(5-1)9-11-6-2-4-8-13(11)12;2*1-2-5-9-7-3-6-8(9)4-1;2*1-2-4-5-3-1;;;;;;;;;/h2*1-9H;2*1-7H;2*1-3H,4H2;6*1H3;;;/q12*-1;3*+4. The quantitative estimate of drug-likeness (QED) is 0.133. The largest absolute Gasteiger partial charge is 4.00 e. The Labute approximate surface area is 439 Å². The van der Waals surface area contributed by atoms with Crippen LogP contribution in [-0.4, -0.2) is 0 Å². The maximum atomic E-state index is 2.99. The minimum Gasteiger partial charge on any atom is -0.358 e. The molecule has 0 radical (unpaired) electrons. The second kappa shape index (κ2) is 34.3. The van der Waals surface area contributed by atoms with E-state index < -0.39 is 0 Å². The topological polar surface area (TPSA) is 0 Å². The first-order chi connectivity index (χ1) is 26.8. The molecule has 0 aromatic heterocycles. The van der Waals surface area contributed by atoms with Crippen LogP contribution in [0.15, 0.2) is 231 Å². The van der Waals surface area contributed by atoms with E-state index in [2.05, 4.69) is 218 Å². The van der Waals surface area contributed by atoms with Crippen LogP contribution in [0.3, 0.4) is 0 Å². The Morgan fingerprint density at radius 1 is 0.317 bits per heavy atom. The molecular formula is C60H60Zr3. The van der Waals surface area contributed by atoms with E-state index in [0.717, 1.165) is 12.8 Å². The first-order valence-corrected chi connectivity index (χ1v) is 18.5. The molecule has 0 atom stereocenters. The van der Waals surface area contributed by atoms with E-state index in [-0.39, 0.29) is 123 Å². The van der Waals surface area contributed by atoms with Gasteiger partial charge in [0.1, 0.15) is 0 Å². The summed E-state index contributed by atoms with van der Waals surface area (Å²) in [5, 5.41) is 16.1. The fraction of sp³-hybridized carbons (Fsp3) is 0.0333. The van der Waals surface area contributed by atoms with Gasteiger partial charge < -0.3 is 44.6 Å². The number of allylic oxidation sites excluding steroid dienone is 8. The summed E-state index contributed by atoms with van der Waals surface area (Å²) in [5.74, 6) is 0. The SMILES string of the molecule is [C-]1=CC=CC1.[C-]1=CC=CC1.[CH3-].[CH3-].[CH3-].[CH3-].[CH3-].[CH3-].[Zr+4].[Zr+4].[Zr+4].c1ccc2[cH-]ccc2c1.c1ccc2[cH-]ccc2c1.c1ccc2c(c1)[cH-]c1ccccc12.c1ccc2c(c1)[cH-]c1ccccc12. The van der Waals surface area contributed by atoms with Gasteiger partial charge in [0.15, 0.2) is 0 Å². The normalized spacial score (nSPS) is 10.3. The van der Waals surface area contributed by atoms with Crippen LogP contribution in [-0.2, 0) is 78.6 Å². The third-order valence-corrected chi connectivity index (χ3v) is 9.31. The van der Waals surface area contributed by atoms with Gasteiger partial charge in [-0.3, -0.25) is 12.2 Å². The molecule has 0 aliphatic heterocycles. The number of benzene rings is 6. The van der Waals surface area contributed by atoms with Crippen molar-refractivity contribution >= 4 is 64.6 Å². The molecule has 3 heteroatoms. The molecule has 0 saturated carbocycles. The minimum absolute atomic E-state index is 0.